The van der Waals surface area contributed by atoms with Gasteiger partial charge in [-0.25, -0.2) is 0 Å². The van der Waals surface area contributed by atoms with E-state index in [1.165, 1.54) is 0 Å². The van der Waals surface area contributed by atoms with E-state index >= 15 is 0 Å². The molecule has 0 bridgehead atoms. The number of methoxy groups -OCH3 is 1. The van der Waals surface area contributed by atoms with Gasteiger partial charge in [-0.05, 0) is 30.0 Å². The van der Waals surface area contributed by atoms with Crippen molar-refractivity contribution in [3.05, 3.63) is 65.4 Å². The molecule has 4 nitrogen and oxygen atoms in total. The highest BCUT2D eigenvalue weighted by atomic mass is 16.5. The van der Waals surface area contributed by atoms with Crippen LogP contribution in [0.4, 0.5) is 5.69 Å². The predicted molar refractivity (Wildman–Crippen MR) is 100 cm³/mol. The minimum atomic E-state index is -0.251. The minimum absolute atomic E-state index is 0.251. The first-order chi connectivity index (χ1) is 12.2. The molecule has 4 heteroatoms. The van der Waals surface area contributed by atoms with Crippen LogP contribution in [-0.2, 0) is 11.3 Å². The number of ether oxygens (including phenoxy) is 1. The summed E-state index contributed by atoms with van der Waals surface area (Å²) in [6, 6.07) is 15.5. The van der Waals surface area contributed by atoms with E-state index < -0.39 is 0 Å². The highest BCUT2D eigenvalue weighted by molar-refractivity contribution is 6.06. The van der Waals surface area contributed by atoms with Gasteiger partial charge < -0.3 is 14.5 Å². The first kappa shape index (κ1) is 17.2. The third-order valence-electron chi connectivity index (χ3n) is 4.55. The fourth-order valence-electron chi connectivity index (χ4n) is 3.01. The lowest BCUT2D eigenvalue weighted by Gasteiger charge is -2.15. The lowest BCUT2D eigenvalue weighted by molar-refractivity contribution is 0.0992. The Morgan fingerprint density at radius 2 is 1.88 bits per heavy atom. The smallest absolute Gasteiger partial charge is 0.291 e. The number of amides is 1. The van der Waals surface area contributed by atoms with Crippen molar-refractivity contribution >= 4 is 22.6 Å². The number of carbonyl (C=O) groups excluding carboxylic acids is 1. The normalized spacial score (nSPS) is 12.3. The lowest BCUT2D eigenvalue weighted by Crippen LogP contribution is -2.15. The molecule has 0 aliphatic heterocycles. The van der Waals surface area contributed by atoms with Crippen LogP contribution in [0.5, 0.6) is 0 Å². The summed E-state index contributed by atoms with van der Waals surface area (Å²) in [4.78, 5) is 12.9. The summed E-state index contributed by atoms with van der Waals surface area (Å²) in [6.45, 7) is 4.62. The van der Waals surface area contributed by atoms with Crippen LogP contribution in [-0.4, -0.2) is 13.0 Å². The Balaban J connectivity index is 1.97. The fraction of sp³-hybridized carbons (Fsp3) is 0.286. The molecule has 1 amide bonds. The van der Waals surface area contributed by atoms with Crippen LogP contribution in [0.3, 0.4) is 0 Å². The highest BCUT2D eigenvalue weighted by Gasteiger charge is 2.21. The number of hydrogen-bond donors (Lipinski definition) is 1. The minimum Gasteiger partial charge on any atom is -0.451 e. The van der Waals surface area contributed by atoms with Gasteiger partial charge in [-0.2, -0.15) is 0 Å². The lowest BCUT2D eigenvalue weighted by atomic mass is 9.97. The molecule has 0 unspecified atom stereocenters. The molecule has 1 N–H and O–H groups in total. The largest absolute Gasteiger partial charge is 0.451 e. The van der Waals surface area contributed by atoms with E-state index in [1.807, 2.05) is 42.5 Å². The molecule has 2 aromatic carbocycles. The summed E-state index contributed by atoms with van der Waals surface area (Å²) in [7, 11) is 1.61. The number of carbonyl (C=O) groups is 1. The van der Waals surface area contributed by atoms with E-state index in [0.717, 1.165) is 28.6 Å². The van der Waals surface area contributed by atoms with Crippen molar-refractivity contribution in [1.29, 1.82) is 0 Å². The second kappa shape index (κ2) is 7.53. The molecule has 0 aliphatic rings. The van der Waals surface area contributed by atoms with Gasteiger partial charge in [-0.15, -0.1) is 0 Å². The van der Waals surface area contributed by atoms with E-state index in [4.69, 9.17) is 9.15 Å². The Bertz CT molecular complexity index is 882. The van der Waals surface area contributed by atoms with Gasteiger partial charge in [-0.3, -0.25) is 4.79 Å². The number of hydrogen-bond acceptors (Lipinski definition) is 3. The molecule has 0 fully saturated rings. The maximum atomic E-state index is 12.9. The van der Waals surface area contributed by atoms with E-state index in [0.29, 0.717) is 23.9 Å². The summed E-state index contributed by atoms with van der Waals surface area (Å²) in [5, 5.41) is 3.92. The summed E-state index contributed by atoms with van der Waals surface area (Å²) in [5.41, 5.74) is 3.42. The van der Waals surface area contributed by atoms with Crippen LogP contribution in [0.15, 0.2) is 52.9 Å². The molecule has 3 aromatic rings. The number of para-hydroxylation sites is 2. The molecule has 1 heterocycles. The molecule has 0 saturated heterocycles. The zero-order valence-corrected chi connectivity index (χ0v) is 14.8. The average molecular weight is 337 g/mol. The van der Waals surface area contributed by atoms with Gasteiger partial charge in [-0.1, -0.05) is 50.2 Å². The monoisotopic (exact) mass is 337 g/mol. The van der Waals surface area contributed by atoms with Gasteiger partial charge in [0, 0.05) is 23.7 Å². The summed E-state index contributed by atoms with van der Waals surface area (Å²) in [5.74, 6) is 0.423. The zero-order chi connectivity index (χ0) is 17.8. The molecule has 3 rings (SSSR count). The predicted octanol–water partition coefficient (Wildman–Crippen LogP) is 5.35. The van der Waals surface area contributed by atoms with Crippen molar-refractivity contribution in [2.75, 3.05) is 12.4 Å². The Labute approximate surface area is 147 Å². The van der Waals surface area contributed by atoms with Crippen molar-refractivity contribution in [2.24, 2.45) is 0 Å². The molecular formula is C21H23NO3. The van der Waals surface area contributed by atoms with Crippen molar-refractivity contribution in [3.63, 3.8) is 0 Å². The Kier molecular flexibility index (Phi) is 5.19. The number of furan rings is 1. The number of anilines is 1. The molecule has 130 valence electrons. The van der Waals surface area contributed by atoms with Crippen molar-refractivity contribution in [2.45, 2.75) is 32.8 Å². The Morgan fingerprint density at radius 3 is 2.64 bits per heavy atom. The van der Waals surface area contributed by atoms with Crippen LogP contribution < -0.4 is 5.32 Å². The molecule has 0 radical (unpaired) electrons. The maximum absolute atomic E-state index is 12.9. The third-order valence-corrected chi connectivity index (χ3v) is 4.55. The molecule has 0 spiro atoms. The molecule has 0 saturated carbocycles. The van der Waals surface area contributed by atoms with E-state index in [-0.39, 0.29) is 5.91 Å². The van der Waals surface area contributed by atoms with Gasteiger partial charge in [0.25, 0.3) is 5.91 Å². The first-order valence-corrected chi connectivity index (χ1v) is 8.55. The number of rotatable bonds is 6. The van der Waals surface area contributed by atoms with Crippen molar-refractivity contribution in [1.82, 2.24) is 0 Å². The van der Waals surface area contributed by atoms with Crippen LogP contribution in [0.2, 0.25) is 0 Å². The van der Waals surface area contributed by atoms with Crippen LogP contribution in [0, 0.1) is 0 Å². The molecule has 0 aliphatic carbocycles. The molecule has 1 aromatic heterocycles. The topological polar surface area (TPSA) is 51.5 Å². The third kappa shape index (κ3) is 3.44. The summed E-state index contributed by atoms with van der Waals surface area (Å²) in [6.07, 6.45) is 1.01. The van der Waals surface area contributed by atoms with E-state index in [2.05, 4.69) is 25.2 Å². The van der Waals surface area contributed by atoms with Gasteiger partial charge in [0.2, 0.25) is 0 Å². The van der Waals surface area contributed by atoms with Gasteiger partial charge in [0.1, 0.15) is 5.58 Å². The standard InChI is InChI=1S/C21H23NO3/c1-4-14(2)15-9-5-7-11-18(15)22-21(23)20-17(13-24-3)16-10-6-8-12-19(16)25-20/h5-12,14H,4,13H2,1-3H3,(H,22,23)/t14-/m1/s1. The van der Waals surface area contributed by atoms with Gasteiger partial charge >= 0.3 is 0 Å². The summed E-state index contributed by atoms with van der Waals surface area (Å²) < 4.78 is 11.1. The quantitative estimate of drug-likeness (QED) is 0.660. The van der Waals surface area contributed by atoms with Crippen molar-refractivity contribution in [3.8, 4) is 0 Å². The van der Waals surface area contributed by atoms with Crippen LogP contribution >= 0.6 is 0 Å². The molecular weight excluding hydrogens is 314 g/mol. The van der Waals surface area contributed by atoms with Crippen molar-refractivity contribution < 1.29 is 13.9 Å². The summed E-state index contributed by atoms with van der Waals surface area (Å²) >= 11 is 0. The fourth-order valence-corrected chi connectivity index (χ4v) is 3.01. The van der Waals surface area contributed by atoms with E-state index in [9.17, 15) is 4.79 Å². The number of nitrogens with one attached hydrogen (secondary N) is 1. The number of fused-ring (bicyclic) bond motifs is 1. The number of benzene rings is 2. The van der Waals surface area contributed by atoms with Crippen LogP contribution in [0.1, 0.15) is 47.9 Å². The zero-order valence-electron chi connectivity index (χ0n) is 14.8. The Hall–Kier alpha value is -2.59. The Morgan fingerprint density at radius 1 is 1.16 bits per heavy atom. The molecule has 1 atom stereocenters. The second-order valence-electron chi connectivity index (χ2n) is 6.19. The van der Waals surface area contributed by atoms with Gasteiger partial charge in [0.05, 0.1) is 6.61 Å². The molecule has 25 heavy (non-hydrogen) atoms. The van der Waals surface area contributed by atoms with Gasteiger partial charge in [0.15, 0.2) is 5.76 Å². The average Bonchev–Trinajstić information content (AvgIpc) is 3.01. The SMILES string of the molecule is CC[C@@H](C)c1ccccc1NC(=O)c1oc2ccccc2c1COC. The maximum Gasteiger partial charge on any atom is 0.291 e. The highest BCUT2D eigenvalue weighted by Crippen LogP contribution is 2.30. The van der Waals surface area contributed by atoms with Crippen LogP contribution in [0.25, 0.3) is 11.0 Å². The second-order valence-corrected chi connectivity index (χ2v) is 6.19. The van der Waals surface area contributed by atoms with E-state index in [1.54, 1.807) is 7.11 Å². The first-order valence-electron chi connectivity index (χ1n) is 8.55.